The van der Waals surface area contributed by atoms with Crippen LogP contribution in [0.5, 0.6) is 5.75 Å². The maximum Gasteiger partial charge on any atom is 0.122 e. The molecule has 1 aromatic rings. The van der Waals surface area contributed by atoms with Gasteiger partial charge in [0.15, 0.2) is 0 Å². The highest BCUT2D eigenvalue weighted by atomic mass is 19.1. The number of hydrogen-bond acceptors (Lipinski definition) is 2. The second-order valence-corrected chi connectivity index (χ2v) is 4.23. The van der Waals surface area contributed by atoms with Crippen LogP contribution in [-0.2, 0) is 6.67 Å². The lowest BCUT2D eigenvalue weighted by molar-refractivity contribution is 0.390. The normalized spacial score (nSPS) is 17.4. The molecule has 1 aliphatic rings. The second kappa shape index (κ2) is 5.30. The second-order valence-electron chi connectivity index (χ2n) is 4.23. The predicted molar refractivity (Wildman–Crippen MR) is 62.7 cm³/mol. The van der Waals surface area contributed by atoms with Crippen LogP contribution in [0, 0.1) is 0 Å². The van der Waals surface area contributed by atoms with Crippen LogP contribution in [0.2, 0.25) is 0 Å². The van der Waals surface area contributed by atoms with Crippen LogP contribution in [0.3, 0.4) is 0 Å². The Bertz CT molecular complexity index is 348. The molecule has 0 atom stereocenters. The van der Waals surface area contributed by atoms with Gasteiger partial charge in [0.2, 0.25) is 0 Å². The van der Waals surface area contributed by atoms with Crippen molar-refractivity contribution in [2.45, 2.75) is 25.4 Å². The molecule has 0 amide bonds. The summed E-state index contributed by atoms with van der Waals surface area (Å²) in [5, 5.41) is 3.34. The van der Waals surface area contributed by atoms with Crippen molar-refractivity contribution >= 4 is 0 Å². The molecular formula is C13H18FNO. The van der Waals surface area contributed by atoms with Crippen molar-refractivity contribution in [2.24, 2.45) is 0 Å². The lowest BCUT2D eigenvalue weighted by Crippen LogP contribution is -2.26. The zero-order valence-electron chi connectivity index (χ0n) is 9.63. The summed E-state index contributed by atoms with van der Waals surface area (Å²) in [6, 6.07) is 5.63. The van der Waals surface area contributed by atoms with E-state index in [1.165, 1.54) is 5.56 Å². The summed E-state index contributed by atoms with van der Waals surface area (Å²) in [6.45, 7) is 1.67. The van der Waals surface area contributed by atoms with E-state index in [0.29, 0.717) is 5.92 Å². The third-order valence-electron chi connectivity index (χ3n) is 3.23. The molecule has 88 valence electrons. The molecule has 16 heavy (non-hydrogen) atoms. The minimum atomic E-state index is -0.401. The molecule has 0 radical (unpaired) electrons. The van der Waals surface area contributed by atoms with Crippen LogP contribution < -0.4 is 10.1 Å². The van der Waals surface area contributed by atoms with E-state index in [2.05, 4.69) is 5.32 Å². The van der Waals surface area contributed by atoms with E-state index in [0.717, 1.165) is 37.2 Å². The molecule has 1 heterocycles. The maximum atomic E-state index is 12.7. The number of halogens is 1. The number of methoxy groups -OCH3 is 1. The van der Waals surface area contributed by atoms with Crippen LogP contribution in [0.25, 0.3) is 0 Å². The summed E-state index contributed by atoms with van der Waals surface area (Å²) in [5.41, 5.74) is 1.91. The lowest BCUT2D eigenvalue weighted by Gasteiger charge is -2.24. The summed E-state index contributed by atoms with van der Waals surface area (Å²) in [5.74, 6) is 1.40. The molecule has 1 fully saturated rings. The highest BCUT2D eigenvalue weighted by Crippen LogP contribution is 2.33. The topological polar surface area (TPSA) is 21.3 Å². The summed E-state index contributed by atoms with van der Waals surface area (Å²) in [7, 11) is 1.68. The van der Waals surface area contributed by atoms with Crippen molar-refractivity contribution < 1.29 is 9.13 Å². The quantitative estimate of drug-likeness (QED) is 0.850. The van der Waals surface area contributed by atoms with E-state index in [9.17, 15) is 4.39 Å². The van der Waals surface area contributed by atoms with Gasteiger partial charge in [0.1, 0.15) is 12.4 Å². The molecule has 1 saturated heterocycles. The standard InChI is InChI=1S/C13H18FNO/c1-16-13-3-2-10(9-14)8-12(13)11-4-6-15-7-5-11/h2-3,8,11,15H,4-7,9H2,1H3. The van der Waals surface area contributed by atoms with Crippen molar-refractivity contribution in [1.82, 2.24) is 5.32 Å². The Morgan fingerprint density at radius 2 is 2.12 bits per heavy atom. The molecule has 3 heteroatoms. The Morgan fingerprint density at radius 3 is 2.75 bits per heavy atom. The van der Waals surface area contributed by atoms with Gasteiger partial charge in [0, 0.05) is 0 Å². The van der Waals surface area contributed by atoms with Gasteiger partial charge in [-0.15, -0.1) is 0 Å². The number of hydrogen-bond donors (Lipinski definition) is 1. The van der Waals surface area contributed by atoms with E-state index < -0.39 is 6.67 Å². The molecule has 1 aromatic carbocycles. The summed E-state index contributed by atoms with van der Waals surface area (Å²) in [4.78, 5) is 0. The Morgan fingerprint density at radius 1 is 1.38 bits per heavy atom. The highest BCUT2D eigenvalue weighted by Gasteiger charge is 2.19. The minimum absolute atomic E-state index is 0.401. The first-order chi connectivity index (χ1) is 7.85. The monoisotopic (exact) mass is 223 g/mol. The Balaban J connectivity index is 2.27. The van der Waals surface area contributed by atoms with Crippen LogP contribution in [0.1, 0.15) is 29.9 Å². The largest absolute Gasteiger partial charge is 0.496 e. The van der Waals surface area contributed by atoms with Crippen LogP contribution in [0.4, 0.5) is 4.39 Å². The predicted octanol–water partition coefficient (Wildman–Crippen LogP) is 2.63. The van der Waals surface area contributed by atoms with Crippen LogP contribution >= 0.6 is 0 Å². The number of benzene rings is 1. The van der Waals surface area contributed by atoms with Crippen molar-refractivity contribution in [3.05, 3.63) is 29.3 Å². The third kappa shape index (κ3) is 2.35. The molecule has 0 spiro atoms. The smallest absolute Gasteiger partial charge is 0.122 e. The average molecular weight is 223 g/mol. The molecule has 0 aliphatic carbocycles. The number of piperidine rings is 1. The third-order valence-corrected chi connectivity index (χ3v) is 3.23. The van der Waals surface area contributed by atoms with Crippen molar-refractivity contribution in [1.29, 1.82) is 0 Å². The number of alkyl halides is 1. The molecule has 0 bridgehead atoms. The van der Waals surface area contributed by atoms with Gasteiger partial charge < -0.3 is 10.1 Å². The summed E-state index contributed by atoms with van der Waals surface area (Å²) >= 11 is 0. The SMILES string of the molecule is COc1ccc(CF)cc1C1CCNCC1. The fourth-order valence-electron chi connectivity index (χ4n) is 2.32. The van der Waals surface area contributed by atoms with E-state index in [-0.39, 0.29) is 0 Å². The van der Waals surface area contributed by atoms with Crippen molar-refractivity contribution in [3.63, 3.8) is 0 Å². The Labute approximate surface area is 95.8 Å². The first-order valence-electron chi connectivity index (χ1n) is 5.78. The van der Waals surface area contributed by atoms with Gasteiger partial charge in [0.25, 0.3) is 0 Å². The van der Waals surface area contributed by atoms with Gasteiger partial charge >= 0.3 is 0 Å². The molecule has 1 aliphatic heterocycles. The van der Waals surface area contributed by atoms with Crippen molar-refractivity contribution in [2.75, 3.05) is 20.2 Å². The summed E-state index contributed by atoms with van der Waals surface area (Å²) in [6.07, 6.45) is 2.21. The zero-order chi connectivity index (χ0) is 11.4. The fourth-order valence-corrected chi connectivity index (χ4v) is 2.32. The van der Waals surface area contributed by atoms with Crippen molar-refractivity contribution in [3.8, 4) is 5.75 Å². The van der Waals surface area contributed by atoms with Gasteiger partial charge in [-0.25, -0.2) is 4.39 Å². The fraction of sp³-hybridized carbons (Fsp3) is 0.538. The Hall–Kier alpha value is -1.09. The van der Waals surface area contributed by atoms with Gasteiger partial charge in [-0.3, -0.25) is 0 Å². The highest BCUT2D eigenvalue weighted by molar-refractivity contribution is 5.40. The molecular weight excluding hydrogens is 205 g/mol. The van der Waals surface area contributed by atoms with E-state index >= 15 is 0 Å². The van der Waals surface area contributed by atoms with Gasteiger partial charge in [-0.2, -0.15) is 0 Å². The molecule has 0 unspecified atom stereocenters. The average Bonchev–Trinajstić information content (AvgIpc) is 2.39. The number of rotatable bonds is 3. The Kier molecular flexibility index (Phi) is 3.78. The molecule has 2 rings (SSSR count). The van der Waals surface area contributed by atoms with E-state index in [1.807, 2.05) is 12.1 Å². The first-order valence-corrected chi connectivity index (χ1v) is 5.78. The molecule has 0 aromatic heterocycles. The lowest BCUT2D eigenvalue weighted by atomic mass is 9.88. The minimum Gasteiger partial charge on any atom is -0.496 e. The molecule has 1 N–H and O–H groups in total. The van der Waals surface area contributed by atoms with Crippen LogP contribution in [-0.4, -0.2) is 20.2 Å². The van der Waals surface area contributed by atoms with Gasteiger partial charge in [-0.05, 0) is 55.1 Å². The first kappa shape index (κ1) is 11.4. The molecule has 0 saturated carbocycles. The summed E-state index contributed by atoms with van der Waals surface area (Å²) < 4.78 is 18.0. The van der Waals surface area contributed by atoms with Gasteiger partial charge in [-0.1, -0.05) is 6.07 Å². The van der Waals surface area contributed by atoms with Gasteiger partial charge in [0.05, 0.1) is 7.11 Å². The van der Waals surface area contributed by atoms with E-state index in [1.54, 1.807) is 13.2 Å². The molecule has 2 nitrogen and oxygen atoms in total. The number of ether oxygens (including phenoxy) is 1. The maximum absolute atomic E-state index is 12.7. The van der Waals surface area contributed by atoms with Crippen LogP contribution in [0.15, 0.2) is 18.2 Å². The zero-order valence-corrected chi connectivity index (χ0v) is 9.63. The number of nitrogens with one attached hydrogen (secondary N) is 1. The van der Waals surface area contributed by atoms with E-state index in [4.69, 9.17) is 4.74 Å².